The summed E-state index contributed by atoms with van der Waals surface area (Å²) in [6.45, 7) is 5.46. The van der Waals surface area contributed by atoms with Crippen LogP contribution in [0.5, 0.6) is 0 Å². The van der Waals surface area contributed by atoms with Gasteiger partial charge < -0.3 is 15.5 Å². The molecule has 0 aliphatic rings. The second-order valence-corrected chi connectivity index (χ2v) is 4.79. The Morgan fingerprint density at radius 3 is 2.58 bits per heavy atom. The molecule has 0 aromatic carbocycles. The number of pyridine rings is 1. The summed E-state index contributed by atoms with van der Waals surface area (Å²) < 4.78 is 0. The maximum atomic E-state index is 10.8. The van der Waals surface area contributed by atoms with Crippen molar-refractivity contribution in [1.82, 2.24) is 10.3 Å². The molecule has 3 N–H and O–H groups in total. The van der Waals surface area contributed by atoms with Gasteiger partial charge in [0.25, 0.3) is 0 Å². The van der Waals surface area contributed by atoms with Crippen LogP contribution in [-0.2, 0) is 6.54 Å². The van der Waals surface area contributed by atoms with Crippen LogP contribution in [0.3, 0.4) is 0 Å². The van der Waals surface area contributed by atoms with Crippen molar-refractivity contribution in [2.75, 3.05) is 13.2 Å². The molecule has 106 valence electrons. The van der Waals surface area contributed by atoms with Gasteiger partial charge in [-0.2, -0.15) is 0 Å². The van der Waals surface area contributed by atoms with Gasteiger partial charge in [-0.05, 0) is 25.0 Å². The first kappa shape index (κ1) is 15.6. The zero-order valence-electron chi connectivity index (χ0n) is 11.5. The number of nitrogens with one attached hydrogen (secondary N) is 1. The lowest BCUT2D eigenvalue weighted by atomic mass is 9.83. The predicted octanol–water partition coefficient (Wildman–Crippen LogP) is 1.67. The molecule has 0 atom stereocenters. The second kappa shape index (κ2) is 7.21. The van der Waals surface area contributed by atoms with E-state index in [0.29, 0.717) is 18.8 Å². The molecule has 5 heteroatoms. The van der Waals surface area contributed by atoms with Gasteiger partial charge in [0.15, 0.2) is 0 Å². The third-order valence-corrected chi connectivity index (χ3v) is 3.67. The number of carboxylic acid groups (broad SMARTS) is 1. The SMILES string of the molecule is CCC(CC)(CO)CNCc1cccc(C(=O)O)n1. The topological polar surface area (TPSA) is 82.5 Å². The van der Waals surface area contributed by atoms with Crippen LogP contribution in [-0.4, -0.2) is 34.3 Å². The highest BCUT2D eigenvalue weighted by atomic mass is 16.4. The Balaban J connectivity index is 2.57. The minimum Gasteiger partial charge on any atom is -0.477 e. The summed E-state index contributed by atoms with van der Waals surface area (Å²) in [7, 11) is 0. The van der Waals surface area contributed by atoms with Crippen LogP contribution < -0.4 is 5.32 Å². The van der Waals surface area contributed by atoms with E-state index in [4.69, 9.17) is 5.11 Å². The number of hydrogen-bond acceptors (Lipinski definition) is 4. The summed E-state index contributed by atoms with van der Waals surface area (Å²) in [6.07, 6.45) is 1.80. The van der Waals surface area contributed by atoms with Gasteiger partial charge >= 0.3 is 5.97 Å². The molecule has 1 rings (SSSR count). The van der Waals surface area contributed by atoms with E-state index < -0.39 is 5.97 Å². The van der Waals surface area contributed by atoms with Crippen molar-refractivity contribution in [2.45, 2.75) is 33.2 Å². The molecule has 0 fully saturated rings. The Bertz CT molecular complexity index is 409. The zero-order chi connectivity index (χ0) is 14.3. The van der Waals surface area contributed by atoms with Crippen molar-refractivity contribution in [1.29, 1.82) is 0 Å². The molecule has 19 heavy (non-hydrogen) atoms. The normalized spacial score (nSPS) is 11.5. The van der Waals surface area contributed by atoms with Crippen LogP contribution in [0.4, 0.5) is 0 Å². The fourth-order valence-corrected chi connectivity index (χ4v) is 1.93. The van der Waals surface area contributed by atoms with Crippen molar-refractivity contribution in [3.05, 3.63) is 29.6 Å². The molecule has 0 radical (unpaired) electrons. The molecule has 1 aromatic heterocycles. The lowest BCUT2D eigenvalue weighted by Crippen LogP contribution is -2.36. The molecular formula is C14H22N2O3. The lowest BCUT2D eigenvalue weighted by Gasteiger charge is -2.29. The summed E-state index contributed by atoms with van der Waals surface area (Å²) >= 11 is 0. The number of rotatable bonds is 8. The Kier molecular flexibility index (Phi) is 5.92. The summed E-state index contributed by atoms with van der Waals surface area (Å²) in [5, 5.41) is 21.6. The van der Waals surface area contributed by atoms with Crippen molar-refractivity contribution < 1.29 is 15.0 Å². The van der Waals surface area contributed by atoms with E-state index in [0.717, 1.165) is 12.8 Å². The number of aromatic carboxylic acids is 1. The number of aromatic nitrogens is 1. The minimum absolute atomic E-state index is 0.0544. The van der Waals surface area contributed by atoms with Crippen molar-refractivity contribution >= 4 is 5.97 Å². The molecule has 0 amide bonds. The van der Waals surface area contributed by atoms with E-state index >= 15 is 0 Å². The number of aliphatic hydroxyl groups is 1. The fourth-order valence-electron chi connectivity index (χ4n) is 1.93. The lowest BCUT2D eigenvalue weighted by molar-refractivity contribution is 0.0690. The maximum Gasteiger partial charge on any atom is 0.354 e. The molecule has 0 bridgehead atoms. The minimum atomic E-state index is -1.02. The van der Waals surface area contributed by atoms with Gasteiger partial charge in [-0.25, -0.2) is 9.78 Å². The molecule has 0 aliphatic carbocycles. The highest BCUT2D eigenvalue weighted by molar-refractivity contribution is 5.85. The van der Waals surface area contributed by atoms with Gasteiger partial charge in [0.05, 0.1) is 5.69 Å². The first-order valence-corrected chi connectivity index (χ1v) is 6.57. The van der Waals surface area contributed by atoms with Gasteiger partial charge in [-0.1, -0.05) is 19.9 Å². The monoisotopic (exact) mass is 266 g/mol. The predicted molar refractivity (Wildman–Crippen MR) is 73.0 cm³/mol. The maximum absolute atomic E-state index is 10.8. The third-order valence-electron chi connectivity index (χ3n) is 3.67. The Morgan fingerprint density at radius 2 is 2.05 bits per heavy atom. The third kappa shape index (κ3) is 4.29. The smallest absolute Gasteiger partial charge is 0.354 e. The average Bonchev–Trinajstić information content (AvgIpc) is 2.44. The molecule has 0 spiro atoms. The van der Waals surface area contributed by atoms with E-state index in [1.54, 1.807) is 12.1 Å². The van der Waals surface area contributed by atoms with Crippen LogP contribution in [0.1, 0.15) is 42.9 Å². The van der Waals surface area contributed by atoms with Crippen LogP contribution in [0.25, 0.3) is 0 Å². The molecule has 0 saturated carbocycles. The van der Waals surface area contributed by atoms with E-state index in [1.165, 1.54) is 6.07 Å². The first-order chi connectivity index (χ1) is 9.06. The Hall–Kier alpha value is -1.46. The van der Waals surface area contributed by atoms with Gasteiger partial charge in [0.1, 0.15) is 5.69 Å². The van der Waals surface area contributed by atoms with Crippen LogP contribution in [0, 0.1) is 5.41 Å². The number of carbonyl (C=O) groups is 1. The average molecular weight is 266 g/mol. The van der Waals surface area contributed by atoms with Gasteiger partial charge in [-0.15, -0.1) is 0 Å². The number of hydrogen-bond donors (Lipinski definition) is 3. The summed E-state index contributed by atoms with van der Waals surface area (Å²) in [4.78, 5) is 14.9. The Labute approximate surface area is 113 Å². The van der Waals surface area contributed by atoms with Crippen molar-refractivity contribution in [3.63, 3.8) is 0 Å². The van der Waals surface area contributed by atoms with Gasteiger partial charge in [0.2, 0.25) is 0 Å². The van der Waals surface area contributed by atoms with Crippen LogP contribution in [0.2, 0.25) is 0 Å². The second-order valence-electron chi connectivity index (χ2n) is 4.79. The molecule has 0 unspecified atom stereocenters. The quantitative estimate of drug-likeness (QED) is 0.666. The summed E-state index contributed by atoms with van der Waals surface area (Å²) in [5.41, 5.74) is 0.641. The number of nitrogens with zero attached hydrogens (tertiary/aromatic N) is 1. The van der Waals surface area contributed by atoms with E-state index in [2.05, 4.69) is 24.1 Å². The van der Waals surface area contributed by atoms with Gasteiger partial charge in [0, 0.05) is 25.1 Å². The van der Waals surface area contributed by atoms with E-state index in [9.17, 15) is 9.90 Å². The number of aliphatic hydroxyl groups excluding tert-OH is 1. The largest absolute Gasteiger partial charge is 0.477 e. The summed E-state index contributed by atoms with van der Waals surface area (Å²) in [6, 6.07) is 4.95. The molecule has 0 aliphatic heterocycles. The molecule has 5 nitrogen and oxygen atoms in total. The molecular weight excluding hydrogens is 244 g/mol. The van der Waals surface area contributed by atoms with Crippen LogP contribution >= 0.6 is 0 Å². The standard InChI is InChI=1S/C14H22N2O3/c1-3-14(4-2,10-17)9-15-8-11-6-5-7-12(16-11)13(18)19/h5-7,15,17H,3-4,8-10H2,1-2H3,(H,18,19). The molecule has 1 heterocycles. The van der Waals surface area contributed by atoms with E-state index in [-0.39, 0.29) is 17.7 Å². The highest BCUT2D eigenvalue weighted by Crippen LogP contribution is 2.24. The first-order valence-electron chi connectivity index (χ1n) is 6.57. The Morgan fingerprint density at radius 1 is 1.37 bits per heavy atom. The van der Waals surface area contributed by atoms with Crippen LogP contribution in [0.15, 0.2) is 18.2 Å². The fraction of sp³-hybridized carbons (Fsp3) is 0.571. The van der Waals surface area contributed by atoms with Gasteiger partial charge in [-0.3, -0.25) is 0 Å². The molecule has 1 aromatic rings. The zero-order valence-corrected chi connectivity index (χ0v) is 11.5. The highest BCUT2D eigenvalue weighted by Gasteiger charge is 2.24. The van der Waals surface area contributed by atoms with Crippen molar-refractivity contribution in [2.24, 2.45) is 5.41 Å². The molecule has 0 saturated heterocycles. The summed E-state index contributed by atoms with van der Waals surface area (Å²) in [5.74, 6) is -1.02. The van der Waals surface area contributed by atoms with Crippen molar-refractivity contribution in [3.8, 4) is 0 Å². The number of carboxylic acids is 1. The van der Waals surface area contributed by atoms with E-state index in [1.807, 2.05) is 0 Å².